The van der Waals surface area contributed by atoms with Gasteiger partial charge in [-0.3, -0.25) is 4.79 Å². The summed E-state index contributed by atoms with van der Waals surface area (Å²) in [6.45, 7) is 5.57. The Balaban J connectivity index is 2.33. The standard InChI is InChI=1S/C14H22N2O3/c1-10(2)7-16-14(18)9-15-8-11-4-5-13(19-3)12(17)6-11/h4-6,10,15,17H,7-9H2,1-3H3,(H,16,18). The van der Waals surface area contributed by atoms with E-state index < -0.39 is 0 Å². The molecule has 1 aromatic rings. The first-order valence-corrected chi connectivity index (χ1v) is 6.36. The minimum Gasteiger partial charge on any atom is -0.504 e. The summed E-state index contributed by atoms with van der Waals surface area (Å²) in [6.07, 6.45) is 0. The van der Waals surface area contributed by atoms with Crippen LogP contribution < -0.4 is 15.4 Å². The molecule has 1 amide bonds. The Kier molecular flexibility index (Phi) is 6.15. The van der Waals surface area contributed by atoms with E-state index in [-0.39, 0.29) is 18.2 Å². The van der Waals surface area contributed by atoms with Gasteiger partial charge in [-0.15, -0.1) is 0 Å². The Hall–Kier alpha value is -1.75. The largest absolute Gasteiger partial charge is 0.504 e. The van der Waals surface area contributed by atoms with E-state index in [1.165, 1.54) is 7.11 Å². The molecule has 0 aliphatic heterocycles. The molecule has 0 bridgehead atoms. The fraction of sp³-hybridized carbons (Fsp3) is 0.500. The molecule has 3 N–H and O–H groups in total. The summed E-state index contributed by atoms with van der Waals surface area (Å²) >= 11 is 0. The summed E-state index contributed by atoms with van der Waals surface area (Å²) in [6, 6.07) is 5.17. The number of ether oxygens (including phenoxy) is 1. The second-order valence-electron chi connectivity index (χ2n) is 4.81. The molecule has 0 saturated carbocycles. The lowest BCUT2D eigenvalue weighted by molar-refractivity contribution is -0.120. The van der Waals surface area contributed by atoms with Gasteiger partial charge < -0.3 is 20.5 Å². The molecule has 0 fully saturated rings. The summed E-state index contributed by atoms with van der Waals surface area (Å²) in [5.41, 5.74) is 0.898. The van der Waals surface area contributed by atoms with Gasteiger partial charge in [-0.25, -0.2) is 0 Å². The van der Waals surface area contributed by atoms with Crippen molar-refractivity contribution in [2.75, 3.05) is 20.2 Å². The van der Waals surface area contributed by atoms with E-state index in [9.17, 15) is 9.90 Å². The molecule has 0 aliphatic carbocycles. The number of rotatable bonds is 7. The highest BCUT2D eigenvalue weighted by atomic mass is 16.5. The van der Waals surface area contributed by atoms with E-state index in [1.54, 1.807) is 12.1 Å². The van der Waals surface area contributed by atoms with E-state index >= 15 is 0 Å². The van der Waals surface area contributed by atoms with Gasteiger partial charge in [0.1, 0.15) is 0 Å². The Morgan fingerprint density at radius 3 is 2.74 bits per heavy atom. The number of hydrogen-bond donors (Lipinski definition) is 3. The molecule has 0 aromatic heterocycles. The summed E-state index contributed by atoms with van der Waals surface area (Å²) in [7, 11) is 1.51. The molecular weight excluding hydrogens is 244 g/mol. The summed E-state index contributed by atoms with van der Waals surface area (Å²) in [5.74, 6) is 0.971. The van der Waals surface area contributed by atoms with Crippen LogP contribution in [0.4, 0.5) is 0 Å². The van der Waals surface area contributed by atoms with Gasteiger partial charge in [0, 0.05) is 13.1 Å². The Morgan fingerprint density at radius 2 is 2.16 bits per heavy atom. The molecule has 106 valence electrons. The SMILES string of the molecule is COc1ccc(CNCC(=O)NCC(C)C)cc1O. The van der Waals surface area contributed by atoms with Crippen molar-refractivity contribution in [3.63, 3.8) is 0 Å². The second kappa shape index (κ2) is 7.63. The zero-order valence-corrected chi connectivity index (χ0v) is 11.7. The van der Waals surface area contributed by atoms with Gasteiger partial charge in [0.25, 0.3) is 0 Å². The van der Waals surface area contributed by atoms with Gasteiger partial charge in [-0.05, 0) is 23.6 Å². The van der Waals surface area contributed by atoms with Crippen molar-refractivity contribution in [1.29, 1.82) is 0 Å². The number of amides is 1. The number of hydrogen-bond acceptors (Lipinski definition) is 4. The number of phenolic OH excluding ortho intramolecular Hbond substituents is 1. The Morgan fingerprint density at radius 1 is 1.42 bits per heavy atom. The number of methoxy groups -OCH3 is 1. The molecule has 0 spiro atoms. The summed E-state index contributed by atoms with van der Waals surface area (Å²) in [5, 5.41) is 15.5. The van der Waals surface area contributed by atoms with Crippen LogP contribution in [-0.2, 0) is 11.3 Å². The molecular formula is C14H22N2O3. The third kappa shape index (κ3) is 5.61. The van der Waals surface area contributed by atoms with Crippen LogP contribution in [-0.4, -0.2) is 31.2 Å². The smallest absolute Gasteiger partial charge is 0.233 e. The predicted molar refractivity (Wildman–Crippen MR) is 74.2 cm³/mol. The first kappa shape index (κ1) is 15.3. The second-order valence-corrected chi connectivity index (χ2v) is 4.81. The van der Waals surface area contributed by atoms with Gasteiger partial charge in [-0.2, -0.15) is 0 Å². The van der Waals surface area contributed by atoms with Crippen LogP contribution >= 0.6 is 0 Å². The van der Waals surface area contributed by atoms with Crippen molar-refractivity contribution in [2.45, 2.75) is 20.4 Å². The molecule has 5 nitrogen and oxygen atoms in total. The molecule has 0 saturated heterocycles. The minimum atomic E-state index is -0.0218. The highest BCUT2D eigenvalue weighted by Gasteiger charge is 2.04. The Bertz CT molecular complexity index is 419. The van der Waals surface area contributed by atoms with Gasteiger partial charge in [0.15, 0.2) is 11.5 Å². The van der Waals surface area contributed by atoms with Crippen LogP contribution in [0.5, 0.6) is 11.5 Å². The average molecular weight is 266 g/mol. The lowest BCUT2D eigenvalue weighted by Crippen LogP contribution is -2.35. The lowest BCUT2D eigenvalue weighted by atomic mass is 10.2. The normalized spacial score (nSPS) is 10.5. The topological polar surface area (TPSA) is 70.6 Å². The fourth-order valence-electron chi connectivity index (χ4n) is 1.55. The fourth-order valence-corrected chi connectivity index (χ4v) is 1.55. The number of nitrogens with one attached hydrogen (secondary N) is 2. The van der Waals surface area contributed by atoms with Crippen LogP contribution in [0, 0.1) is 5.92 Å². The molecule has 0 atom stereocenters. The van der Waals surface area contributed by atoms with Gasteiger partial charge >= 0.3 is 0 Å². The number of carbonyl (C=O) groups is 1. The molecule has 0 unspecified atom stereocenters. The van der Waals surface area contributed by atoms with Crippen LogP contribution in [0.2, 0.25) is 0 Å². The van der Waals surface area contributed by atoms with E-state index in [2.05, 4.69) is 10.6 Å². The number of aromatic hydroxyl groups is 1. The third-order valence-electron chi connectivity index (χ3n) is 2.57. The van der Waals surface area contributed by atoms with Crippen LogP contribution in [0.25, 0.3) is 0 Å². The van der Waals surface area contributed by atoms with E-state index in [0.717, 1.165) is 5.56 Å². The Labute approximate surface area is 114 Å². The maximum Gasteiger partial charge on any atom is 0.233 e. The van der Waals surface area contributed by atoms with E-state index in [4.69, 9.17) is 4.74 Å². The number of benzene rings is 1. The van der Waals surface area contributed by atoms with Crippen molar-refractivity contribution < 1.29 is 14.6 Å². The average Bonchev–Trinajstić information content (AvgIpc) is 2.36. The van der Waals surface area contributed by atoms with Gasteiger partial charge in [-0.1, -0.05) is 19.9 Å². The molecule has 0 radical (unpaired) electrons. The molecule has 0 aliphatic rings. The van der Waals surface area contributed by atoms with Crippen LogP contribution in [0.15, 0.2) is 18.2 Å². The van der Waals surface area contributed by atoms with Crippen molar-refractivity contribution in [1.82, 2.24) is 10.6 Å². The molecule has 19 heavy (non-hydrogen) atoms. The van der Waals surface area contributed by atoms with E-state index in [0.29, 0.717) is 24.8 Å². The van der Waals surface area contributed by atoms with Crippen LogP contribution in [0.3, 0.4) is 0 Å². The van der Waals surface area contributed by atoms with Crippen molar-refractivity contribution >= 4 is 5.91 Å². The van der Waals surface area contributed by atoms with Crippen molar-refractivity contribution in [2.24, 2.45) is 5.92 Å². The number of phenols is 1. The zero-order chi connectivity index (χ0) is 14.3. The maximum atomic E-state index is 11.5. The van der Waals surface area contributed by atoms with E-state index in [1.807, 2.05) is 19.9 Å². The van der Waals surface area contributed by atoms with Crippen molar-refractivity contribution in [3.8, 4) is 11.5 Å². The quantitative estimate of drug-likeness (QED) is 0.695. The zero-order valence-electron chi connectivity index (χ0n) is 11.7. The molecule has 0 heterocycles. The van der Waals surface area contributed by atoms with Gasteiger partial charge in [0.05, 0.1) is 13.7 Å². The first-order valence-electron chi connectivity index (χ1n) is 6.36. The number of carbonyl (C=O) groups excluding carboxylic acids is 1. The summed E-state index contributed by atoms with van der Waals surface area (Å²) in [4.78, 5) is 11.5. The maximum absolute atomic E-state index is 11.5. The minimum absolute atomic E-state index is 0.0218. The van der Waals surface area contributed by atoms with Crippen LogP contribution in [0.1, 0.15) is 19.4 Å². The highest BCUT2D eigenvalue weighted by molar-refractivity contribution is 5.77. The highest BCUT2D eigenvalue weighted by Crippen LogP contribution is 2.25. The predicted octanol–water partition coefficient (Wildman–Crippen LogP) is 1.26. The summed E-state index contributed by atoms with van der Waals surface area (Å²) < 4.78 is 4.96. The molecule has 1 rings (SSSR count). The molecule has 5 heteroatoms. The molecule has 1 aromatic carbocycles. The van der Waals surface area contributed by atoms with Crippen molar-refractivity contribution in [3.05, 3.63) is 23.8 Å². The van der Waals surface area contributed by atoms with Gasteiger partial charge in [0.2, 0.25) is 5.91 Å². The third-order valence-corrected chi connectivity index (χ3v) is 2.57. The lowest BCUT2D eigenvalue weighted by Gasteiger charge is -2.09. The first-order chi connectivity index (χ1) is 9.02. The monoisotopic (exact) mass is 266 g/mol.